The second-order valence-corrected chi connectivity index (χ2v) is 3.68. The first kappa shape index (κ1) is 24.0. The van der Waals surface area contributed by atoms with Gasteiger partial charge in [0.05, 0.1) is 0 Å². The fourth-order valence-corrected chi connectivity index (χ4v) is 1.25. The van der Waals surface area contributed by atoms with Crippen molar-refractivity contribution in [2.45, 2.75) is 0 Å². The number of phosphoric acid groups is 2. The van der Waals surface area contributed by atoms with E-state index in [2.05, 4.69) is 4.31 Å². The van der Waals surface area contributed by atoms with Crippen LogP contribution >= 0.6 is 15.6 Å². The zero-order valence-electron chi connectivity index (χ0n) is 4.41. The maximum absolute atomic E-state index is 9.63. The molecule has 0 aliphatic rings. The summed E-state index contributed by atoms with van der Waals surface area (Å²) in [5.74, 6) is 0. The van der Waals surface area contributed by atoms with Crippen molar-refractivity contribution in [2.24, 2.45) is 0 Å². The Balaban J connectivity index is -0.000000107. The van der Waals surface area contributed by atoms with Crippen LogP contribution < -0.4 is 0 Å². The summed E-state index contributed by atoms with van der Waals surface area (Å²) in [5, 5.41) is 0. The van der Waals surface area contributed by atoms with E-state index in [1.54, 1.807) is 0 Å². The van der Waals surface area contributed by atoms with Gasteiger partial charge in [0.15, 0.2) is 0 Å². The molecule has 0 aromatic heterocycles. The molecule has 0 saturated heterocycles. The molecule has 0 aliphatic carbocycles. The molecule has 70 valence electrons. The Morgan fingerprint density at radius 2 is 1.08 bits per heavy atom. The van der Waals surface area contributed by atoms with Crippen molar-refractivity contribution in [3.8, 4) is 0 Å². The van der Waals surface area contributed by atoms with Crippen LogP contribution in [0.1, 0.15) is 0 Å². The average molecular weight is 262 g/mol. The van der Waals surface area contributed by atoms with Crippen LogP contribution in [0.3, 0.4) is 0 Å². The summed E-state index contributed by atoms with van der Waals surface area (Å²) >= 11 is 0. The van der Waals surface area contributed by atoms with Crippen molar-refractivity contribution in [3.05, 3.63) is 0 Å². The topological polar surface area (TPSA) is 156 Å². The molecule has 8 nitrogen and oxygen atoms in total. The van der Waals surface area contributed by atoms with Crippen LogP contribution in [-0.2, 0) is 13.4 Å². The zero-order chi connectivity index (χ0) is 7.71. The molecule has 0 atom stereocenters. The second kappa shape index (κ2) is 8.89. The number of hydrogen-bond donors (Lipinski definition) is 4. The molecular weight excluding hydrogens is 253 g/mol. The van der Waals surface area contributed by atoms with E-state index in [0.29, 0.717) is 0 Å². The van der Waals surface area contributed by atoms with Crippen molar-refractivity contribution < 1.29 is 38.5 Å². The standard InChI is InChI=1S/K.Mg.H4O7P2.H2O.3H/c;;1-8(2,3)7-9(4,5)6;;;;/h;;(H2,1,2,3)(H2,4,5,6);1H2;;;. The summed E-state index contributed by atoms with van der Waals surface area (Å²) in [6.45, 7) is 0. The van der Waals surface area contributed by atoms with E-state index in [1.807, 2.05) is 0 Å². The van der Waals surface area contributed by atoms with Crippen LogP contribution in [0.25, 0.3) is 0 Å². The minimum absolute atomic E-state index is 0. The third kappa shape index (κ3) is 22.9. The Morgan fingerprint density at radius 1 is 0.917 bits per heavy atom. The second-order valence-electron chi connectivity index (χ2n) is 1.06. The summed E-state index contributed by atoms with van der Waals surface area (Å²) < 4.78 is 22.2. The fraction of sp³-hybridized carbons (Fsp3) is 0. The molecule has 0 heterocycles. The predicted octanol–water partition coefficient (Wildman–Crippen LogP) is -3.20. The van der Waals surface area contributed by atoms with Crippen molar-refractivity contribution >= 4 is 90.1 Å². The van der Waals surface area contributed by atoms with Crippen molar-refractivity contribution in [2.75, 3.05) is 0 Å². The molecule has 0 aromatic carbocycles. The summed E-state index contributed by atoms with van der Waals surface area (Å²) in [4.78, 5) is 31.0. The molecule has 0 amide bonds. The monoisotopic (exact) mass is 262 g/mol. The molecule has 12 heavy (non-hydrogen) atoms. The minimum Gasteiger partial charge on any atom is 0.316 e. The van der Waals surface area contributed by atoms with Crippen LogP contribution in [-0.4, -0.2) is 99.5 Å². The van der Waals surface area contributed by atoms with E-state index < -0.39 is 15.6 Å². The van der Waals surface area contributed by atoms with Gasteiger partial charge in [-0.3, -0.25) is 0 Å². The first-order valence-corrected chi connectivity index (χ1v) is 4.59. The van der Waals surface area contributed by atoms with Gasteiger partial charge in [-0.1, -0.05) is 0 Å². The van der Waals surface area contributed by atoms with Gasteiger partial charge in [0.25, 0.3) is 0 Å². The largest absolute Gasteiger partial charge is 0.316 e. The normalized spacial score (nSPS) is 10.3. The molecule has 0 fully saturated rings. The number of hydrogen-bond acceptors (Lipinski definition) is 3. The summed E-state index contributed by atoms with van der Waals surface area (Å²) in [6, 6.07) is 0. The van der Waals surface area contributed by atoms with Gasteiger partial charge in [0, 0.05) is 0 Å². The van der Waals surface area contributed by atoms with E-state index in [9.17, 15) is 9.13 Å². The smallest absolute Gasteiger partial charge is 0.316 e. The Kier molecular flexibility index (Phi) is 17.8. The Morgan fingerprint density at radius 3 is 1.08 bits per heavy atom. The van der Waals surface area contributed by atoms with Gasteiger partial charge >= 0.3 is 90.1 Å². The maximum atomic E-state index is 9.63. The molecular formula is H9KMgO8P2. The predicted molar refractivity (Wildman–Crippen MR) is 44.5 cm³/mol. The first-order valence-electron chi connectivity index (χ1n) is 1.53. The van der Waals surface area contributed by atoms with E-state index in [1.165, 1.54) is 0 Å². The van der Waals surface area contributed by atoms with Crippen LogP contribution in [0, 0.1) is 0 Å². The van der Waals surface area contributed by atoms with Crippen LogP contribution in [0.15, 0.2) is 0 Å². The van der Waals surface area contributed by atoms with Crippen LogP contribution in [0.4, 0.5) is 0 Å². The minimum atomic E-state index is -5.05. The van der Waals surface area contributed by atoms with E-state index in [-0.39, 0.29) is 79.9 Å². The Bertz CT molecular complexity index is 157. The molecule has 0 bridgehead atoms. The zero-order valence-corrected chi connectivity index (χ0v) is 6.20. The first-order chi connectivity index (χ1) is 3.71. The molecule has 0 spiro atoms. The molecule has 0 rings (SSSR count). The van der Waals surface area contributed by atoms with Gasteiger partial charge in [-0.05, 0) is 0 Å². The van der Waals surface area contributed by atoms with Gasteiger partial charge in [-0.2, -0.15) is 4.31 Å². The van der Waals surface area contributed by atoms with Gasteiger partial charge in [-0.15, -0.1) is 0 Å². The van der Waals surface area contributed by atoms with E-state index >= 15 is 0 Å². The molecule has 0 unspecified atom stereocenters. The summed E-state index contributed by atoms with van der Waals surface area (Å²) in [7, 11) is -10.1. The van der Waals surface area contributed by atoms with Gasteiger partial charge in [0.1, 0.15) is 0 Å². The van der Waals surface area contributed by atoms with E-state index in [4.69, 9.17) is 19.6 Å². The molecule has 0 aliphatic heterocycles. The van der Waals surface area contributed by atoms with Crippen molar-refractivity contribution in [1.29, 1.82) is 0 Å². The fourth-order valence-electron chi connectivity index (χ4n) is 0.139. The quantitative estimate of drug-likeness (QED) is 0.301. The molecule has 0 saturated carbocycles. The van der Waals surface area contributed by atoms with Gasteiger partial charge in [0.2, 0.25) is 0 Å². The Hall–Kier alpha value is 2.62. The molecule has 0 aromatic rings. The number of rotatable bonds is 2. The van der Waals surface area contributed by atoms with Crippen LogP contribution in [0.5, 0.6) is 0 Å². The molecule has 12 heteroatoms. The third-order valence-corrected chi connectivity index (χ3v) is 1.91. The van der Waals surface area contributed by atoms with Gasteiger partial charge < -0.3 is 25.0 Å². The maximum Gasteiger partial charge on any atom is 0.316 e. The van der Waals surface area contributed by atoms with Crippen molar-refractivity contribution in [1.82, 2.24) is 0 Å². The van der Waals surface area contributed by atoms with E-state index in [0.717, 1.165) is 0 Å². The summed E-state index contributed by atoms with van der Waals surface area (Å²) in [5.41, 5.74) is 0. The Labute approximate surface area is 126 Å². The van der Waals surface area contributed by atoms with Gasteiger partial charge in [-0.25, -0.2) is 9.13 Å². The molecule has 0 radical (unpaired) electrons. The average Bonchev–Trinajstić information content (AvgIpc) is 1.14. The third-order valence-electron chi connectivity index (χ3n) is 0.213. The van der Waals surface area contributed by atoms with Crippen LogP contribution in [0.2, 0.25) is 0 Å². The molecule has 6 N–H and O–H groups in total. The van der Waals surface area contributed by atoms with Crippen molar-refractivity contribution in [3.63, 3.8) is 0 Å². The SMILES string of the molecule is O.O=P(O)(O)OP(=O)(O)O.[KH].[MgH2]. The summed E-state index contributed by atoms with van der Waals surface area (Å²) in [6.07, 6.45) is 0.